The van der Waals surface area contributed by atoms with Crippen molar-refractivity contribution < 1.29 is 5.11 Å². The second-order valence-electron chi connectivity index (χ2n) is 3.20. The van der Waals surface area contributed by atoms with E-state index in [1.807, 2.05) is 23.7 Å². The number of nitrogens with zero attached hydrogens (tertiary/aromatic N) is 2. The summed E-state index contributed by atoms with van der Waals surface area (Å²) in [5.41, 5.74) is 2.02. The summed E-state index contributed by atoms with van der Waals surface area (Å²) in [5, 5.41) is 11.8. The van der Waals surface area contributed by atoms with Crippen LogP contribution in [0.1, 0.15) is 11.4 Å². The predicted octanol–water partition coefficient (Wildman–Crippen LogP) is 2.13. The molecule has 0 amide bonds. The molecule has 0 fully saturated rings. The van der Waals surface area contributed by atoms with Crippen molar-refractivity contribution in [3.63, 3.8) is 0 Å². The van der Waals surface area contributed by atoms with E-state index in [-0.39, 0.29) is 6.61 Å². The van der Waals surface area contributed by atoms with Gasteiger partial charge in [0.15, 0.2) is 0 Å². The number of aromatic nitrogens is 2. The van der Waals surface area contributed by atoms with Gasteiger partial charge in [-0.3, -0.25) is 4.98 Å². The molecule has 0 radical (unpaired) electrons. The Morgan fingerprint density at radius 1 is 1.40 bits per heavy atom. The maximum absolute atomic E-state index is 8.72. The molecule has 3 nitrogen and oxygen atoms in total. The molecule has 1 N–H and O–H groups in total. The molecule has 0 atom stereocenters. The van der Waals surface area contributed by atoms with Crippen LogP contribution in [0, 0.1) is 0 Å². The Labute approximate surface area is 92.5 Å². The minimum Gasteiger partial charge on any atom is -0.396 e. The van der Waals surface area contributed by atoms with E-state index in [1.54, 1.807) is 17.5 Å². The lowest BCUT2D eigenvalue weighted by Crippen LogP contribution is -1.88. The van der Waals surface area contributed by atoms with Gasteiger partial charge in [0.25, 0.3) is 0 Å². The third-order valence-corrected chi connectivity index (χ3v) is 2.97. The molecule has 0 aliphatic carbocycles. The summed E-state index contributed by atoms with van der Waals surface area (Å²) >= 11 is 1.63. The van der Waals surface area contributed by atoms with Gasteiger partial charge in [0.1, 0.15) is 0 Å². The Balaban J connectivity index is 2.14. The largest absolute Gasteiger partial charge is 0.396 e. The summed E-state index contributed by atoms with van der Waals surface area (Å²) in [6.07, 6.45) is 5.19. The van der Waals surface area contributed by atoms with E-state index in [4.69, 9.17) is 5.11 Å². The van der Waals surface area contributed by atoms with Crippen molar-refractivity contribution in [3.05, 3.63) is 34.9 Å². The van der Waals surface area contributed by atoms with Crippen molar-refractivity contribution in [2.75, 3.05) is 6.61 Å². The van der Waals surface area contributed by atoms with Gasteiger partial charge >= 0.3 is 0 Å². The Morgan fingerprint density at radius 3 is 3.07 bits per heavy atom. The molecule has 0 bridgehead atoms. The highest BCUT2D eigenvalue weighted by Gasteiger charge is 2.03. The lowest BCUT2D eigenvalue weighted by atomic mass is 10.2. The van der Waals surface area contributed by atoms with E-state index in [9.17, 15) is 0 Å². The van der Waals surface area contributed by atoms with Crippen molar-refractivity contribution in [2.24, 2.45) is 0 Å². The van der Waals surface area contributed by atoms with Gasteiger partial charge in [-0.2, -0.15) is 0 Å². The second-order valence-corrected chi connectivity index (χ2v) is 4.14. The highest BCUT2D eigenvalue weighted by atomic mass is 32.1. The first-order valence-corrected chi connectivity index (χ1v) is 5.74. The van der Waals surface area contributed by atoms with Gasteiger partial charge in [0.05, 0.1) is 10.7 Å². The fourth-order valence-corrected chi connectivity index (χ4v) is 2.15. The molecule has 2 aromatic rings. The molecular weight excluding hydrogens is 208 g/mol. The number of pyridine rings is 1. The standard InChI is InChI=1S/C11H12N2OS/c14-6-2-4-11-13-10(8-15-11)9-3-1-5-12-7-9/h1,3,5,7-8,14H,2,4,6H2. The Kier molecular flexibility index (Phi) is 3.42. The zero-order valence-electron chi connectivity index (χ0n) is 8.26. The van der Waals surface area contributed by atoms with E-state index in [2.05, 4.69) is 9.97 Å². The summed E-state index contributed by atoms with van der Waals surface area (Å²) in [6, 6.07) is 3.90. The highest BCUT2D eigenvalue weighted by Crippen LogP contribution is 2.21. The third kappa shape index (κ3) is 2.61. The van der Waals surface area contributed by atoms with Crippen LogP contribution in [-0.4, -0.2) is 21.7 Å². The number of rotatable bonds is 4. The van der Waals surface area contributed by atoms with Gasteiger partial charge in [-0.15, -0.1) is 11.3 Å². The molecule has 0 saturated carbocycles. The molecule has 2 heterocycles. The molecule has 2 aromatic heterocycles. The Bertz CT molecular complexity index is 414. The summed E-state index contributed by atoms with van der Waals surface area (Å²) < 4.78 is 0. The SMILES string of the molecule is OCCCc1nc(-c2cccnc2)cs1. The summed E-state index contributed by atoms with van der Waals surface area (Å²) in [4.78, 5) is 8.54. The average Bonchev–Trinajstić information content (AvgIpc) is 2.76. The van der Waals surface area contributed by atoms with E-state index < -0.39 is 0 Å². The van der Waals surface area contributed by atoms with Crippen molar-refractivity contribution in [1.29, 1.82) is 0 Å². The summed E-state index contributed by atoms with van der Waals surface area (Å²) in [6.45, 7) is 0.224. The average molecular weight is 220 g/mol. The molecule has 0 saturated heterocycles. The van der Waals surface area contributed by atoms with Crippen LogP contribution < -0.4 is 0 Å². The quantitative estimate of drug-likeness (QED) is 0.858. The first-order valence-electron chi connectivity index (χ1n) is 4.86. The van der Waals surface area contributed by atoms with Crippen LogP contribution in [0.2, 0.25) is 0 Å². The normalized spacial score (nSPS) is 10.5. The van der Waals surface area contributed by atoms with Crippen LogP contribution in [0.5, 0.6) is 0 Å². The molecule has 4 heteroatoms. The highest BCUT2D eigenvalue weighted by molar-refractivity contribution is 7.09. The first kappa shape index (κ1) is 10.3. The second kappa shape index (κ2) is 5.00. The van der Waals surface area contributed by atoms with Gasteiger partial charge < -0.3 is 5.11 Å². The fraction of sp³-hybridized carbons (Fsp3) is 0.273. The monoisotopic (exact) mass is 220 g/mol. The smallest absolute Gasteiger partial charge is 0.0933 e. The van der Waals surface area contributed by atoms with Gasteiger partial charge in [-0.25, -0.2) is 4.98 Å². The number of aliphatic hydroxyl groups excluding tert-OH is 1. The van der Waals surface area contributed by atoms with Gasteiger partial charge in [0, 0.05) is 36.4 Å². The van der Waals surface area contributed by atoms with Crippen molar-refractivity contribution in [1.82, 2.24) is 9.97 Å². The van der Waals surface area contributed by atoms with Crippen LogP contribution in [0.4, 0.5) is 0 Å². The molecule has 78 valence electrons. The zero-order chi connectivity index (χ0) is 10.5. The number of hydrogen-bond acceptors (Lipinski definition) is 4. The van der Waals surface area contributed by atoms with Crippen LogP contribution in [-0.2, 0) is 6.42 Å². The van der Waals surface area contributed by atoms with E-state index >= 15 is 0 Å². The predicted molar refractivity (Wildman–Crippen MR) is 60.8 cm³/mol. The molecule has 15 heavy (non-hydrogen) atoms. The van der Waals surface area contributed by atoms with Gasteiger partial charge in [0.2, 0.25) is 0 Å². The topological polar surface area (TPSA) is 46.0 Å². The molecule has 0 spiro atoms. The molecule has 0 aromatic carbocycles. The van der Waals surface area contributed by atoms with E-state index in [0.29, 0.717) is 0 Å². The van der Waals surface area contributed by atoms with Crippen LogP contribution in [0.15, 0.2) is 29.9 Å². The summed E-state index contributed by atoms with van der Waals surface area (Å²) in [5.74, 6) is 0. The van der Waals surface area contributed by atoms with Crippen LogP contribution in [0.25, 0.3) is 11.3 Å². The lowest BCUT2D eigenvalue weighted by molar-refractivity contribution is 0.288. The van der Waals surface area contributed by atoms with Crippen LogP contribution >= 0.6 is 11.3 Å². The van der Waals surface area contributed by atoms with E-state index in [1.165, 1.54) is 0 Å². The number of hydrogen-bond donors (Lipinski definition) is 1. The van der Waals surface area contributed by atoms with Crippen molar-refractivity contribution in [3.8, 4) is 11.3 Å². The molecule has 2 rings (SSSR count). The number of thiazole rings is 1. The first-order chi connectivity index (χ1) is 7.40. The molecular formula is C11H12N2OS. The summed E-state index contributed by atoms with van der Waals surface area (Å²) in [7, 11) is 0. The molecule has 0 unspecified atom stereocenters. The third-order valence-electron chi connectivity index (χ3n) is 2.06. The maximum Gasteiger partial charge on any atom is 0.0933 e. The zero-order valence-corrected chi connectivity index (χ0v) is 9.07. The Hall–Kier alpha value is -1.26. The minimum atomic E-state index is 0.224. The lowest BCUT2D eigenvalue weighted by Gasteiger charge is -1.94. The Morgan fingerprint density at radius 2 is 2.33 bits per heavy atom. The van der Waals surface area contributed by atoms with Gasteiger partial charge in [-0.1, -0.05) is 0 Å². The van der Waals surface area contributed by atoms with Crippen molar-refractivity contribution >= 4 is 11.3 Å². The van der Waals surface area contributed by atoms with Crippen molar-refractivity contribution in [2.45, 2.75) is 12.8 Å². The van der Waals surface area contributed by atoms with Gasteiger partial charge in [-0.05, 0) is 18.6 Å². The van der Waals surface area contributed by atoms with E-state index in [0.717, 1.165) is 29.1 Å². The molecule has 0 aliphatic heterocycles. The fourth-order valence-electron chi connectivity index (χ4n) is 1.30. The molecule has 0 aliphatic rings. The number of aliphatic hydroxyl groups is 1. The van der Waals surface area contributed by atoms with Crippen LogP contribution in [0.3, 0.4) is 0 Å². The minimum absolute atomic E-state index is 0.224. The number of aryl methyl sites for hydroxylation is 1. The maximum atomic E-state index is 8.72.